The van der Waals surface area contributed by atoms with E-state index in [1.807, 2.05) is 12.1 Å². The van der Waals surface area contributed by atoms with Crippen LogP contribution in [0.2, 0.25) is 5.02 Å². The van der Waals surface area contributed by atoms with Crippen LogP contribution in [0.5, 0.6) is 0 Å². The Balaban J connectivity index is 1.68. The fourth-order valence-electron chi connectivity index (χ4n) is 5.04. The lowest BCUT2D eigenvalue weighted by molar-refractivity contribution is -0.139. The third kappa shape index (κ3) is 7.04. The lowest BCUT2D eigenvalue weighted by Gasteiger charge is -2.33. The first kappa shape index (κ1) is 29.6. The van der Waals surface area contributed by atoms with E-state index in [1.54, 1.807) is 68.4 Å². The summed E-state index contributed by atoms with van der Waals surface area (Å²) < 4.78 is 28.9. The lowest BCUT2D eigenvalue weighted by atomic mass is 9.95. The molecule has 0 radical (unpaired) electrons. The molecule has 1 saturated carbocycles. The summed E-state index contributed by atoms with van der Waals surface area (Å²) in [6.45, 7) is 3.06. The average Bonchev–Trinajstić information content (AvgIpc) is 2.96. The van der Waals surface area contributed by atoms with Crippen molar-refractivity contribution in [2.45, 2.75) is 69.5 Å². The molecule has 1 N–H and O–H groups in total. The molecule has 0 saturated heterocycles. The highest BCUT2D eigenvalue weighted by molar-refractivity contribution is 7.92. The Hall–Kier alpha value is -3.36. The van der Waals surface area contributed by atoms with Crippen LogP contribution in [0.15, 0.2) is 83.8 Å². The van der Waals surface area contributed by atoms with E-state index in [0.29, 0.717) is 21.8 Å². The largest absolute Gasteiger partial charge is 0.352 e. The number of halogens is 1. The minimum Gasteiger partial charge on any atom is -0.352 e. The van der Waals surface area contributed by atoms with Crippen LogP contribution >= 0.6 is 11.6 Å². The second kappa shape index (κ2) is 13.3. The average molecular weight is 582 g/mol. The molecule has 40 heavy (non-hydrogen) atoms. The van der Waals surface area contributed by atoms with Crippen LogP contribution in [-0.2, 0) is 26.2 Å². The summed E-state index contributed by atoms with van der Waals surface area (Å²) in [5, 5.41) is 3.57. The number of aryl methyl sites for hydroxylation is 1. The van der Waals surface area contributed by atoms with Gasteiger partial charge in [0, 0.05) is 17.6 Å². The highest BCUT2D eigenvalue weighted by Crippen LogP contribution is 2.28. The molecule has 0 aliphatic heterocycles. The van der Waals surface area contributed by atoms with Crippen molar-refractivity contribution in [3.63, 3.8) is 0 Å². The topological polar surface area (TPSA) is 86.8 Å². The fraction of sp³-hybridized carbons (Fsp3) is 0.355. The Morgan fingerprint density at radius 3 is 2.23 bits per heavy atom. The van der Waals surface area contributed by atoms with Crippen molar-refractivity contribution in [2.24, 2.45) is 0 Å². The van der Waals surface area contributed by atoms with Crippen molar-refractivity contribution in [3.05, 3.63) is 95.0 Å². The second-order valence-electron chi connectivity index (χ2n) is 10.2. The predicted molar refractivity (Wildman–Crippen MR) is 159 cm³/mol. The van der Waals surface area contributed by atoms with Crippen molar-refractivity contribution < 1.29 is 18.0 Å². The van der Waals surface area contributed by atoms with E-state index in [0.717, 1.165) is 36.4 Å². The van der Waals surface area contributed by atoms with Gasteiger partial charge in [0.2, 0.25) is 11.8 Å². The van der Waals surface area contributed by atoms with Gasteiger partial charge in [-0.2, -0.15) is 0 Å². The van der Waals surface area contributed by atoms with Gasteiger partial charge in [0.25, 0.3) is 10.0 Å². The molecule has 3 aromatic rings. The van der Waals surface area contributed by atoms with E-state index in [9.17, 15) is 18.0 Å². The molecule has 3 aromatic carbocycles. The zero-order chi connectivity index (χ0) is 28.7. The summed E-state index contributed by atoms with van der Waals surface area (Å²) in [5.41, 5.74) is 1.77. The van der Waals surface area contributed by atoms with E-state index in [2.05, 4.69) is 5.32 Å². The summed E-state index contributed by atoms with van der Waals surface area (Å²) in [6.07, 6.45) is 5.10. The van der Waals surface area contributed by atoms with Gasteiger partial charge in [0.05, 0.1) is 10.6 Å². The van der Waals surface area contributed by atoms with Crippen LogP contribution in [0.25, 0.3) is 0 Å². The zero-order valence-electron chi connectivity index (χ0n) is 22.9. The van der Waals surface area contributed by atoms with Gasteiger partial charge in [-0.15, -0.1) is 0 Å². The number of carbonyl (C=O) groups is 2. The molecular weight excluding hydrogens is 546 g/mol. The maximum Gasteiger partial charge on any atom is 0.264 e. The third-order valence-corrected chi connectivity index (χ3v) is 9.55. The molecule has 1 atom stereocenters. The number of carbonyl (C=O) groups excluding carboxylic acids is 2. The maximum atomic E-state index is 14.1. The van der Waals surface area contributed by atoms with Crippen molar-refractivity contribution in [1.82, 2.24) is 10.2 Å². The summed E-state index contributed by atoms with van der Waals surface area (Å²) in [4.78, 5) is 29.0. The normalized spacial score (nSPS) is 14.8. The van der Waals surface area contributed by atoms with Crippen LogP contribution in [0.1, 0.15) is 50.2 Å². The highest BCUT2D eigenvalue weighted by atomic mass is 35.5. The number of nitrogens with one attached hydrogen (secondary N) is 1. The second-order valence-corrected chi connectivity index (χ2v) is 12.5. The van der Waals surface area contributed by atoms with E-state index in [-0.39, 0.29) is 23.4 Å². The Morgan fingerprint density at radius 2 is 1.55 bits per heavy atom. The van der Waals surface area contributed by atoms with Crippen molar-refractivity contribution >= 4 is 39.1 Å². The van der Waals surface area contributed by atoms with E-state index < -0.39 is 28.5 Å². The quantitative estimate of drug-likeness (QED) is 0.332. The first-order valence-electron chi connectivity index (χ1n) is 13.6. The van der Waals surface area contributed by atoms with Crippen molar-refractivity contribution in [2.75, 3.05) is 10.8 Å². The van der Waals surface area contributed by atoms with E-state index in [4.69, 9.17) is 11.6 Å². The molecule has 1 aliphatic carbocycles. The molecule has 1 aliphatic rings. The SMILES string of the molecule is Cc1ccccc1N(CC(=O)N(Cc1ccccc1Cl)[C@H](C)C(=O)NC1CCCCC1)S(=O)(=O)c1ccccc1. The van der Waals surface area contributed by atoms with Gasteiger partial charge in [-0.25, -0.2) is 8.42 Å². The summed E-state index contributed by atoms with van der Waals surface area (Å²) >= 11 is 6.44. The van der Waals surface area contributed by atoms with Gasteiger partial charge in [0.1, 0.15) is 12.6 Å². The molecule has 0 unspecified atom stereocenters. The van der Waals surface area contributed by atoms with Crippen molar-refractivity contribution in [1.29, 1.82) is 0 Å². The summed E-state index contributed by atoms with van der Waals surface area (Å²) in [7, 11) is -4.10. The summed E-state index contributed by atoms with van der Waals surface area (Å²) in [6, 6.07) is 21.4. The van der Waals surface area contributed by atoms with Gasteiger partial charge in [-0.1, -0.05) is 85.5 Å². The third-order valence-electron chi connectivity index (χ3n) is 7.41. The molecule has 7 nitrogen and oxygen atoms in total. The van der Waals surface area contributed by atoms with Gasteiger partial charge >= 0.3 is 0 Å². The van der Waals surface area contributed by atoms with Crippen LogP contribution in [-0.4, -0.2) is 43.8 Å². The van der Waals surface area contributed by atoms with E-state index in [1.165, 1.54) is 17.0 Å². The van der Waals surface area contributed by atoms with Gasteiger partial charge in [-0.3, -0.25) is 13.9 Å². The Labute approximate surface area is 242 Å². The number of amides is 2. The monoisotopic (exact) mass is 581 g/mol. The van der Waals surface area contributed by atoms with Crippen LogP contribution in [0, 0.1) is 6.92 Å². The van der Waals surface area contributed by atoms with Crippen molar-refractivity contribution in [3.8, 4) is 0 Å². The summed E-state index contributed by atoms with van der Waals surface area (Å²) in [5.74, 6) is -0.769. The Kier molecular flexibility index (Phi) is 9.87. The highest BCUT2D eigenvalue weighted by Gasteiger charge is 2.33. The number of sulfonamides is 1. The number of benzene rings is 3. The number of hydrogen-bond donors (Lipinski definition) is 1. The maximum absolute atomic E-state index is 14.1. The number of rotatable bonds is 10. The molecule has 2 amide bonds. The molecule has 212 valence electrons. The number of hydrogen-bond acceptors (Lipinski definition) is 4. The van der Waals surface area contributed by atoms with Crippen LogP contribution in [0.4, 0.5) is 5.69 Å². The van der Waals surface area contributed by atoms with E-state index >= 15 is 0 Å². The molecule has 0 aromatic heterocycles. The molecule has 1 fully saturated rings. The number of nitrogens with zero attached hydrogens (tertiary/aromatic N) is 2. The molecular formula is C31H36ClN3O4S. The molecule has 9 heteroatoms. The van der Waals surface area contributed by atoms with Gasteiger partial charge < -0.3 is 10.2 Å². The van der Waals surface area contributed by atoms with Gasteiger partial charge in [-0.05, 0) is 62.1 Å². The smallest absolute Gasteiger partial charge is 0.264 e. The lowest BCUT2D eigenvalue weighted by Crippen LogP contribution is -2.53. The predicted octanol–water partition coefficient (Wildman–Crippen LogP) is 5.71. The molecule has 0 bridgehead atoms. The standard InChI is InChI=1S/C31H36ClN3O4S/c1-23-13-9-12-20-29(23)35(40(38,39)27-17-7-4-8-18-27)22-30(36)34(21-25-14-10-11-19-28(25)32)24(2)31(37)33-26-15-5-3-6-16-26/h4,7-14,17-20,24,26H,3,5-6,15-16,21-22H2,1-2H3,(H,33,37)/t24-/m1/s1. The molecule has 0 heterocycles. The van der Waals surface area contributed by atoms with Crippen LogP contribution < -0.4 is 9.62 Å². The molecule has 0 spiro atoms. The molecule has 4 rings (SSSR count). The Bertz CT molecular complexity index is 1430. The minimum atomic E-state index is -4.10. The minimum absolute atomic E-state index is 0.0603. The zero-order valence-corrected chi connectivity index (χ0v) is 24.5. The van der Waals surface area contributed by atoms with Gasteiger partial charge in [0.15, 0.2) is 0 Å². The fourth-order valence-corrected chi connectivity index (χ4v) is 6.73. The first-order chi connectivity index (χ1) is 19.2. The first-order valence-corrected chi connectivity index (χ1v) is 15.5. The number of para-hydroxylation sites is 1. The van der Waals surface area contributed by atoms with Crippen LogP contribution in [0.3, 0.4) is 0 Å². The number of anilines is 1. The Morgan fingerprint density at radius 1 is 0.925 bits per heavy atom.